The van der Waals surface area contributed by atoms with Gasteiger partial charge in [-0.3, -0.25) is 4.98 Å². The van der Waals surface area contributed by atoms with Crippen LogP contribution in [0.25, 0.3) is 0 Å². The second kappa shape index (κ2) is 5.82. The fraction of sp³-hybridized carbons (Fsp3) is 0.357. The van der Waals surface area contributed by atoms with Crippen LogP contribution in [0.3, 0.4) is 0 Å². The first-order valence-electron chi connectivity index (χ1n) is 6.63. The Bertz CT molecular complexity index is 691. The average Bonchev–Trinajstić information content (AvgIpc) is 2.74. The van der Waals surface area contributed by atoms with Crippen molar-refractivity contribution in [1.29, 1.82) is 0 Å². The van der Waals surface area contributed by atoms with E-state index < -0.39 is 0 Å². The van der Waals surface area contributed by atoms with Gasteiger partial charge in [-0.25, -0.2) is 4.68 Å². The third kappa shape index (κ3) is 2.81. The molecule has 7 nitrogen and oxygen atoms in total. The van der Waals surface area contributed by atoms with Crippen LogP contribution in [0.5, 0.6) is 11.6 Å². The predicted molar refractivity (Wildman–Crippen MR) is 78.9 cm³/mol. The van der Waals surface area contributed by atoms with Crippen LogP contribution in [0.2, 0.25) is 0 Å². The summed E-state index contributed by atoms with van der Waals surface area (Å²) in [5.74, 6) is 1.02. The normalized spacial score (nSPS) is 11.7. The third-order valence-corrected chi connectivity index (χ3v) is 3.15. The standard InChI is InChI=1S/C14H19N5O2/c1-5-10-11(7-6-8(2)16-10)21-14-12(13(15)18-20)9(3)17-19(14)4/h6-7,20H,5H2,1-4H3,(H2,15,18). The van der Waals surface area contributed by atoms with Gasteiger partial charge in [-0.1, -0.05) is 12.1 Å². The van der Waals surface area contributed by atoms with E-state index in [4.69, 9.17) is 15.7 Å². The van der Waals surface area contributed by atoms with Crippen LogP contribution >= 0.6 is 0 Å². The average molecular weight is 289 g/mol. The monoisotopic (exact) mass is 289 g/mol. The maximum absolute atomic E-state index is 8.91. The molecule has 7 heteroatoms. The lowest BCUT2D eigenvalue weighted by atomic mass is 10.2. The van der Waals surface area contributed by atoms with Gasteiger partial charge in [0.25, 0.3) is 0 Å². The number of hydrogen-bond donors (Lipinski definition) is 2. The van der Waals surface area contributed by atoms with E-state index in [-0.39, 0.29) is 5.84 Å². The highest BCUT2D eigenvalue weighted by Crippen LogP contribution is 2.29. The number of ether oxygens (including phenoxy) is 1. The van der Waals surface area contributed by atoms with E-state index in [9.17, 15) is 0 Å². The highest BCUT2D eigenvalue weighted by molar-refractivity contribution is 6.00. The van der Waals surface area contributed by atoms with Gasteiger partial charge in [0.2, 0.25) is 5.88 Å². The zero-order chi connectivity index (χ0) is 15.6. The lowest BCUT2D eigenvalue weighted by molar-refractivity contribution is 0.318. The minimum Gasteiger partial charge on any atom is -0.437 e. The Balaban J connectivity index is 2.50. The summed E-state index contributed by atoms with van der Waals surface area (Å²) in [4.78, 5) is 4.45. The molecule has 0 saturated heterocycles. The van der Waals surface area contributed by atoms with Gasteiger partial charge in [-0.15, -0.1) is 0 Å². The van der Waals surface area contributed by atoms with Crippen molar-refractivity contribution in [2.75, 3.05) is 0 Å². The number of oxime groups is 1. The largest absolute Gasteiger partial charge is 0.437 e. The Kier molecular flexibility index (Phi) is 4.11. The molecule has 2 rings (SSSR count). The van der Waals surface area contributed by atoms with Crippen molar-refractivity contribution in [1.82, 2.24) is 14.8 Å². The van der Waals surface area contributed by atoms with E-state index in [1.165, 1.54) is 0 Å². The molecule has 0 aliphatic carbocycles. The maximum atomic E-state index is 8.91. The summed E-state index contributed by atoms with van der Waals surface area (Å²) in [5.41, 5.74) is 8.58. The predicted octanol–water partition coefficient (Wildman–Crippen LogP) is 1.88. The SMILES string of the molecule is CCc1nc(C)ccc1Oc1c(/C(N)=N/O)c(C)nn1C. The van der Waals surface area contributed by atoms with Gasteiger partial charge in [0.15, 0.2) is 11.6 Å². The molecular formula is C14H19N5O2. The number of nitrogens with two attached hydrogens (primary N) is 1. The molecule has 0 saturated carbocycles. The van der Waals surface area contributed by atoms with Gasteiger partial charge in [0.05, 0.1) is 11.4 Å². The lowest BCUT2D eigenvalue weighted by Gasteiger charge is -2.11. The summed E-state index contributed by atoms with van der Waals surface area (Å²) < 4.78 is 7.48. The van der Waals surface area contributed by atoms with E-state index in [2.05, 4.69) is 15.2 Å². The molecule has 0 fully saturated rings. The Labute approximate surface area is 123 Å². The van der Waals surface area contributed by atoms with Crippen LogP contribution in [-0.4, -0.2) is 25.8 Å². The van der Waals surface area contributed by atoms with E-state index in [1.54, 1.807) is 18.7 Å². The topological polar surface area (TPSA) is 98.6 Å². The van der Waals surface area contributed by atoms with Crippen molar-refractivity contribution in [3.8, 4) is 11.6 Å². The fourth-order valence-corrected chi connectivity index (χ4v) is 2.15. The van der Waals surface area contributed by atoms with Crippen molar-refractivity contribution in [2.24, 2.45) is 17.9 Å². The summed E-state index contributed by atoms with van der Waals surface area (Å²) in [6.07, 6.45) is 0.743. The molecule has 0 aliphatic heterocycles. The van der Waals surface area contributed by atoms with E-state index in [1.807, 2.05) is 26.0 Å². The van der Waals surface area contributed by atoms with Crippen molar-refractivity contribution < 1.29 is 9.94 Å². The number of pyridine rings is 1. The minimum absolute atomic E-state index is 0.0336. The summed E-state index contributed by atoms with van der Waals surface area (Å²) in [6.45, 7) is 5.71. The Morgan fingerprint density at radius 2 is 2.14 bits per heavy atom. The van der Waals surface area contributed by atoms with Crippen LogP contribution in [-0.2, 0) is 13.5 Å². The molecule has 21 heavy (non-hydrogen) atoms. The molecule has 0 atom stereocenters. The van der Waals surface area contributed by atoms with Crippen LogP contribution < -0.4 is 10.5 Å². The number of nitrogens with zero attached hydrogens (tertiary/aromatic N) is 4. The van der Waals surface area contributed by atoms with Gasteiger partial charge in [0.1, 0.15) is 5.56 Å². The maximum Gasteiger partial charge on any atom is 0.229 e. The molecule has 0 radical (unpaired) electrons. The molecule has 0 aromatic carbocycles. The fourth-order valence-electron chi connectivity index (χ4n) is 2.15. The zero-order valence-corrected chi connectivity index (χ0v) is 12.6. The lowest BCUT2D eigenvalue weighted by Crippen LogP contribution is -2.15. The Hall–Kier alpha value is -2.57. The van der Waals surface area contributed by atoms with Gasteiger partial charge in [0, 0.05) is 12.7 Å². The Morgan fingerprint density at radius 1 is 1.43 bits per heavy atom. The first-order chi connectivity index (χ1) is 9.97. The van der Waals surface area contributed by atoms with Crippen LogP contribution in [0.1, 0.15) is 29.6 Å². The molecule has 0 amide bonds. The second-order valence-electron chi connectivity index (χ2n) is 4.73. The summed E-state index contributed by atoms with van der Waals surface area (Å²) >= 11 is 0. The number of amidine groups is 1. The first-order valence-corrected chi connectivity index (χ1v) is 6.63. The highest BCUT2D eigenvalue weighted by atomic mass is 16.5. The summed E-state index contributed by atoms with van der Waals surface area (Å²) in [5, 5.41) is 16.2. The second-order valence-corrected chi connectivity index (χ2v) is 4.73. The van der Waals surface area contributed by atoms with E-state index in [0.717, 1.165) is 17.8 Å². The summed E-state index contributed by atoms with van der Waals surface area (Å²) in [6, 6.07) is 3.74. The molecule has 0 aliphatic rings. The molecule has 112 valence electrons. The van der Waals surface area contributed by atoms with E-state index in [0.29, 0.717) is 22.9 Å². The number of aromatic nitrogens is 3. The molecular weight excluding hydrogens is 270 g/mol. The molecule has 0 bridgehead atoms. The van der Waals surface area contributed by atoms with Crippen LogP contribution in [0, 0.1) is 13.8 Å². The van der Waals surface area contributed by atoms with Gasteiger partial charge < -0.3 is 15.7 Å². The Morgan fingerprint density at radius 3 is 2.76 bits per heavy atom. The third-order valence-electron chi connectivity index (χ3n) is 3.15. The van der Waals surface area contributed by atoms with Crippen molar-refractivity contribution in [2.45, 2.75) is 27.2 Å². The van der Waals surface area contributed by atoms with Crippen molar-refractivity contribution >= 4 is 5.84 Å². The van der Waals surface area contributed by atoms with Gasteiger partial charge in [-0.2, -0.15) is 5.10 Å². The zero-order valence-electron chi connectivity index (χ0n) is 12.6. The van der Waals surface area contributed by atoms with Crippen molar-refractivity contribution in [3.05, 3.63) is 34.8 Å². The first kappa shape index (κ1) is 14.8. The smallest absolute Gasteiger partial charge is 0.229 e. The van der Waals surface area contributed by atoms with Gasteiger partial charge >= 0.3 is 0 Å². The quantitative estimate of drug-likeness (QED) is 0.387. The summed E-state index contributed by atoms with van der Waals surface area (Å²) in [7, 11) is 1.74. The highest BCUT2D eigenvalue weighted by Gasteiger charge is 2.20. The number of rotatable bonds is 4. The number of hydrogen-bond acceptors (Lipinski definition) is 5. The van der Waals surface area contributed by atoms with Gasteiger partial charge in [-0.05, 0) is 32.4 Å². The van der Waals surface area contributed by atoms with Crippen molar-refractivity contribution in [3.63, 3.8) is 0 Å². The molecule has 0 spiro atoms. The number of aryl methyl sites for hydroxylation is 4. The molecule has 0 unspecified atom stereocenters. The molecule has 2 aromatic heterocycles. The van der Waals surface area contributed by atoms with E-state index >= 15 is 0 Å². The van der Waals surface area contributed by atoms with Crippen LogP contribution in [0.4, 0.5) is 0 Å². The minimum atomic E-state index is -0.0336. The molecule has 2 aromatic rings. The van der Waals surface area contributed by atoms with Crippen LogP contribution in [0.15, 0.2) is 17.3 Å². The molecule has 3 N–H and O–H groups in total. The molecule has 2 heterocycles.